The van der Waals surface area contributed by atoms with Crippen molar-refractivity contribution in [3.63, 3.8) is 0 Å². The van der Waals surface area contributed by atoms with Crippen molar-refractivity contribution >= 4 is 11.8 Å². The highest BCUT2D eigenvalue weighted by atomic mass is 16.2. The first-order chi connectivity index (χ1) is 10.7. The standard InChI is InChI=1S/C18H18N2O2/c21-17(10-13-6-2-1-3-7-13)19-11-14-12-20-18(22)16-9-5-4-8-15(14)16/h1-9,14H,10-12H2,(H,19,21)(H,20,22). The molecule has 0 spiro atoms. The van der Waals surface area contributed by atoms with E-state index in [1.807, 2.05) is 54.6 Å². The number of hydrogen-bond donors (Lipinski definition) is 2. The zero-order valence-corrected chi connectivity index (χ0v) is 12.2. The van der Waals surface area contributed by atoms with Gasteiger partial charge in [-0.15, -0.1) is 0 Å². The Bertz CT molecular complexity index is 682. The third-order valence-corrected chi connectivity index (χ3v) is 3.91. The Morgan fingerprint density at radius 3 is 2.64 bits per heavy atom. The van der Waals surface area contributed by atoms with Crippen LogP contribution in [0.25, 0.3) is 0 Å². The van der Waals surface area contributed by atoms with Crippen LogP contribution in [0, 0.1) is 0 Å². The number of nitrogens with one attached hydrogen (secondary N) is 2. The summed E-state index contributed by atoms with van der Waals surface area (Å²) in [5.74, 6) is 0.0802. The zero-order chi connectivity index (χ0) is 15.4. The number of carbonyl (C=O) groups is 2. The van der Waals surface area contributed by atoms with E-state index in [0.29, 0.717) is 25.1 Å². The summed E-state index contributed by atoms with van der Waals surface area (Å²) < 4.78 is 0. The van der Waals surface area contributed by atoms with Crippen LogP contribution in [-0.2, 0) is 11.2 Å². The molecule has 2 N–H and O–H groups in total. The number of benzene rings is 2. The van der Waals surface area contributed by atoms with Crippen LogP contribution in [0.2, 0.25) is 0 Å². The summed E-state index contributed by atoms with van der Waals surface area (Å²) in [5.41, 5.74) is 2.71. The molecule has 1 unspecified atom stereocenters. The van der Waals surface area contributed by atoms with Crippen LogP contribution < -0.4 is 10.6 Å². The van der Waals surface area contributed by atoms with E-state index in [1.165, 1.54) is 0 Å². The maximum absolute atomic E-state index is 12.0. The van der Waals surface area contributed by atoms with Crippen LogP contribution in [-0.4, -0.2) is 24.9 Å². The molecule has 1 aliphatic heterocycles. The predicted octanol–water partition coefficient (Wildman–Crippen LogP) is 1.87. The average Bonchev–Trinajstić information content (AvgIpc) is 2.55. The van der Waals surface area contributed by atoms with E-state index < -0.39 is 0 Å². The molecule has 0 saturated heterocycles. The molecule has 2 amide bonds. The molecule has 3 rings (SSSR count). The Balaban J connectivity index is 1.61. The normalized spacial score (nSPS) is 16.5. The summed E-state index contributed by atoms with van der Waals surface area (Å²) in [6, 6.07) is 17.2. The molecule has 2 aromatic carbocycles. The van der Waals surface area contributed by atoms with E-state index in [4.69, 9.17) is 0 Å². The predicted molar refractivity (Wildman–Crippen MR) is 84.7 cm³/mol. The van der Waals surface area contributed by atoms with Crippen LogP contribution in [0.3, 0.4) is 0 Å². The van der Waals surface area contributed by atoms with Crippen molar-refractivity contribution in [3.8, 4) is 0 Å². The molecule has 0 aromatic heterocycles. The summed E-state index contributed by atoms with van der Waals surface area (Å²) in [4.78, 5) is 23.8. The Morgan fingerprint density at radius 2 is 1.82 bits per heavy atom. The van der Waals surface area contributed by atoms with Gasteiger partial charge in [-0.2, -0.15) is 0 Å². The van der Waals surface area contributed by atoms with Gasteiger partial charge in [-0.3, -0.25) is 9.59 Å². The second kappa shape index (κ2) is 6.43. The van der Waals surface area contributed by atoms with Gasteiger partial charge in [0.25, 0.3) is 5.91 Å². The Kier molecular flexibility index (Phi) is 4.19. The van der Waals surface area contributed by atoms with Gasteiger partial charge in [0, 0.05) is 24.6 Å². The van der Waals surface area contributed by atoms with Crippen molar-refractivity contribution in [2.45, 2.75) is 12.3 Å². The van der Waals surface area contributed by atoms with E-state index in [-0.39, 0.29) is 17.7 Å². The highest BCUT2D eigenvalue weighted by Crippen LogP contribution is 2.23. The molecule has 1 aliphatic rings. The molecule has 4 heteroatoms. The molecule has 4 nitrogen and oxygen atoms in total. The van der Waals surface area contributed by atoms with Crippen LogP contribution in [0.4, 0.5) is 0 Å². The minimum Gasteiger partial charge on any atom is -0.355 e. The fourth-order valence-electron chi connectivity index (χ4n) is 2.74. The molecular formula is C18H18N2O2. The smallest absolute Gasteiger partial charge is 0.251 e. The lowest BCUT2D eigenvalue weighted by atomic mass is 9.90. The molecule has 22 heavy (non-hydrogen) atoms. The summed E-state index contributed by atoms with van der Waals surface area (Å²) in [6.45, 7) is 1.09. The first-order valence-corrected chi connectivity index (χ1v) is 7.42. The number of rotatable bonds is 4. The monoisotopic (exact) mass is 294 g/mol. The lowest BCUT2D eigenvalue weighted by Crippen LogP contribution is -2.40. The Hall–Kier alpha value is -2.62. The van der Waals surface area contributed by atoms with Gasteiger partial charge in [0.05, 0.1) is 6.42 Å². The van der Waals surface area contributed by atoms with Gasteiger partial charge < -0.3 is 10.6 Å². The van der Waals surface area contributed by atoms with Gasteiger partial charge in [-0.1, -0.05) is 48.5 Å². The van der Waals surface area contributed by atoms with Crippen molar-refractivity contribution in [2.75, 3.05) is 13.1 Å². The van der Waals surface area contributed by atoms with Crippen molar-refractivity contribution in [1.29, 1.82) is 0 Å². The molecule has 1 heterocycles. The second-order valence-corrected chi connectivity index (χ2v) is 5.46. The van der Waals surface area contributed by atoms with Crippen LogP contribution >= 0.6 is 0 Å². The van der Waals surface area contributed by atoms with Gasteiger partial charge in [-0.25, -0.2) is 0 Å². The molecule has 1 atom stereocenters. The first kappa shape index (κ1) is 14.3. The Morgan fingerprint density at radius 1 is 1.09 bits per heavy atom. The third-order valence-electron chi connectivity index (χ3n) is 3.91. The molecule has 112 valence electrons. The van der Waals surface area contributed by atoms with Crippen molar-refractivity contribution < 1.29 is 9.59 Å². The lowest BCUT2D eigenvalue weighted by Gasteiger charge is -2.25. The summed E-state index contributed by atoms with van der Waals surface area (Å²) in [7, 11) is 0. The van der Waals surface area contributed by atoms with Gasteiger partial charge in [-0.05, 0) is 17.2 Å². The highest BCUT2D eigenvalue weighted by molar-refractivity contribution is 5.97. The van der Waals surface area contributed by atoms with Crippen LogP contribution in [0.5, 0.6) is 0 Å². The molecule has 0 radical (unpaired) electrons. The van der Waals surface area contributed by atoms with E-state index in [9.17, 15) is 9.59 Å². The molecule has 0 saturated carbocycles. The van der Waals surface area contributed by atoms with Crippen molar-refractivity contribution in [3.05, 3.63) is 71.3 Å². The van der Waals surface area contributed by atoms with Gasteiger partial charge in [0.15, 0.2) is 0 Å². The minimum atomic E-state index is -0.0394. The Labute approximate surface area is 129 Å². The number of hydrogen-bond acceptors (Lipinski definition) is 2. The summed E-state index contributed by atoms with van der Waals surface area (Å²) in [6.07, 6.45) is 0.377. The van der Waals surface area contributed by atoms with Gasteiger partial charge in [0.2, 0.25) is 5.91 Å². The molecule has 0 bridgehead atoms. The number of carbonyl (C=O) groups excluding carboxylic acids is 2. The third kappa shape index (κ3) is 3.17. The summed E-state index contributed by atoms with van der Waals surface area (Å²) in [5, 5.41) is 5.84. The minimum absolute atomic E-state index is 0.000538. The van der Waals surface area contributed by atoms with Crippen molar-refractivity contribution in [2.24, 2.45) is 0 Å². The quantitative estimate of drug-likeness (QED) is 0.904. The fraction of sp³-hybridized carbons (Fsp3) is 0.222. The SMILES string of the molecule is O=C(Cc1ccccc1)NCC1CNC(=O)c2ccccc21. The van der Waals surface area contributed by atoms with Gasteiger partial charge in [0.1, 0.15) is 0 Å². The molecule has 2 aromatic rings. The van der Waals surface area contributed by atoms with Crippen LogP contribution in [0.15, 0.2) is 54.6 Å². The highest BCUT2D eigenvalue weighted by Gasteiger charge is 2.24. The number of fused-ring (bicyclic) bond motifs is 1. The van der Waals surface area contributed by atoms with Gasteiger partial charge >= 0.3 is 0 Å². The second-order valence-electron chi connectivity index (χ2n) is 5.46. The molecule has 0 aliphatic carbocycles. The van der Waals surface area contributed by atoms with Crippen molar-refractivity contribution in [1.82, 2.24) is 10.6 Å². The fourth-order valence-corrected chi connectivity index (χ4v) is 2.74. The van der Waals surface area contributed by atoms with Crippen LogP contribution in [0.1, 0.15) is 27.4 Å². The van der Waals surface area contributed by atoms with E-state index in [0.717, 1.165) is 11.1 Å². The topological polar surface area (TPSA) is 58.2 Å². The first-order valence-electron chi connectivity index (χ1n) is 7.42. The lowest BCUT2D eigenvalue weighted by molar-refractivity contribution is -0.120. The van der Waals surface area contributed by atoms with E-state index >= 15 is 0 Å². The van der Waals surface area contributed by atoms with E-state index in [2.05, 4.69) is 10.6 Å². The maximum atomic E-state index is 12.0. The summed E-state index contributed by atoms with van der Waals surface area (Å²) >= 11 is 0. The maximum Gasteiger partial charge on any atom is 0.251 e. The molecule has 0 fully saturated rings. The molecular weight excluding hydrogens is 276 g/mol. The zero-order valence-electron chi connectivity index (χ0n) is 12.2. The average molecular weight is 294 g/mol. The van der Waals surface area contributed by atoms with E-state index in [1.54, 1.807) is 0 Å². The largest absolute Gasteiger partial charge is 0.355 e. The number of amides is 2.